The first-order valence-corrected chi connectivity index (χ1v) is 6.76. The van der Waals surface area contributed by atoms with Crippen LogP contribution in [0.2, 0.25) is 5.02 Å². The zero-order valence-corrected chi connectivity index (χ0v) is 11.8. The molecule has 2 rings (SSSR count). The Hall–Kier alpha value is -1.71. The van der Waals surface area contributed by atoms with Gasteiger partial charge in [0, 0.05) is 31.5 Å². The molecule has 21 heavy (non-hydrogen) atoms. The summed E-state index contributed by atoms with van der Waals surface area (Å²) in [5, 5.41) is 17.8. The molecule has 1 aromatic carbocycles. The maximum Gasteiger partial charge on any atom is 0.253 e. The van der Waals surface area contributed by atoms with Crippen LogP contribution in [0.25, 0.3) is 0 Å². The first kappa shape index (κ1) is 15.7. The Morgan fingerprint density at radius 1 is 1.48 bits per heavy atom. The Labute approximate surface area is 125 Å². The van der Waals surface area contributed by atoms with E-state index in [0.717, 1.165) is 6.07 Å². The molecule has 1 saturated heterocycles. The molecule has 1 atom stereocenters. The second kappa shape index (κ2) is 5.96. The number of aliphatic hydroxyl groups excluding tert-OH is 1. The molecular weight excluding hydrogens is 302 g/mol. The molecule has 1 aliphatic rings. The normalized spacial score (nSPS) is 18.9. The van der Waals surface area contributed by atoms with Gasteiger partial charge >= 0.3 is 0 Å². The summed E-state index contributed by atoms with van der Waals surface area (Å²) in [6.07, 6.45) is -1.94. The first-order valence-electron chi connectivity index (χ1n) is 6.38. The highest BCUT2D eigenvalue weighted by molar-refractivity contribution is 6.31. The third kappa shape index (κ3) is 3.14. The Kier molecular flexibility index (Phi) is 4.45. The topological polar surface area (TPSA) is 64.3 Å². The molecule has 4 nitrogen and oxygen atoms in total. The molecule has 1 fully saturated rings. The minimum Gasteiger partial charge on any atom is -0.375 e. The van der Waals surface area contributed by atoms with Crippen molar-refractivity contribution >= 4 is 17.5 Å². The van der Waals surface area contributed by atoms with Gasteiger partial charge in [-0.3, -0.25) is 4.79 Å². The first-order chi connectivity index (χ1) is 9.87. The second-order valence-electron chi connectivity index (χ2n) is 4.99. The SMILES string of the molecule is N#C[C@H](O)C1(F)CCN(C(=O)c2ccc(F)c(Cl)c2)CC1. The lowest BCUT2D eigenvalue weighted by Crippen LogP contribution is -2.49. The van der Waals surface area contributed by atoms with E-state index in [0.29, 0.717) is 0 Å². The van der Waals surface area contributed by atoms with Crippen LogP contribution in [0.5, 0.6) is 0 Å². The molecule has 1 N–H and O–H groups in total. The van der Waals surface area contributed by atoms with Gasteiger partial charge in [-0.05, 0) is 18.2 Å². The zero-order valence-electron chi connectivity index (χ0n) is 11.0. The van der Waals surface area contributed by atoms with E-state index in [1.165, 1.54) is 23.1 Å². The third-order valence-electron chi connectivity index (χ3n) is 3.66. The predicted octanol–water partition coefficient (Wildman–Crippen LogP) is 2.31. The smallest absolute Gasteiger partial charge is 0.253 e. The Balaban J connectivity index is 2.07. The van der Waals surface area contributed by atoms with Crippen LogP contribution in [-0.2, 0) is 0 Å². The average molecular weight is 315 g/mol. The summed E-state index contributed by atoms with van der Waals surface area (Å²) in [6.45, 7) is 0.145. The fraction of sp³-hybridized carbons (Fsp3) is 0.429. The number of piperidine rings is 1. The molecule has 0 saturated carbocycles. The van der Waals surface area contributed by atoms with E-state index < -0.39 is 17.6 Å². The lowest BCUT2D eigenvalue weighted by Gasteiger charge is -2.37. The van der Waals surface area contributed by atoms with Crippen molar-refractivity contribution in [1.29, 1.82) is 5.26 Å². The van der Waals surface area contributed by atoms with E-state index in [4.69, 9.17) is 16.9 Å². The minimum atomic E-state index is -1.99. The van der Waals surface area contributed by atoms with Gasteiger partial charge in [0.05, 0.1) is 11.1 Å². The van der Waals surface area contributed by atoms with Gasteiger partial charge in [0.2, 0.25) is 0 Å². The van der Waals surface area contributed by atoms with Crippen molar-refractivity contribution in [1.82, 2.24) is 4.90 Å². The summed E-state index contributed by atoms with van der Waals surface area (Å²) < 4.78 is 27.3. The highest BCUT2D eigenvalue weighted by atomic mass is 35.5. The van der Waals surface area contributed by atoms with Crippen molar-refractivity contribution in [3.05, 3.63) is 34.6 Å². The summed E-state index contributed by atoms with van der Waals surface area (Å²) in [7, 11) is 0. The summed E-state index contributed by atoms with van der Waals surface area (Å²) in [5.74, 6) is -1.00. The average Bonchev–Trinajstić information content (AvgIpc) is 2.49. The number of nitrogens with zero attached hydrogens (tertiary/aromatic N) is 2. The van der Waals surface area contributed by atoms with Gasteiger partial charge in [-0.15, -0.1) is 0 Å². The van der Waals surface area contributed by atoms with E-state index in [1.807, 2.05) is 0 Å². The number of amides is 1. The lowest BCUT2D eigenvalue weighted by atomic mass is 9.88. The van der Waals surface area contributed by atoms with E-state index in [2.05, 4.69) is 0 Å². The lowest BCUT2D eigenvalue weighted by molar-refractivity contribution is -0.0201. The fourth-order valence-electron chi connectivity index (χ4n) is 2.28. The van der Waals surface area contributed by atoms with E-state index in [9.17, 15) is 18.7 Å². The van der Waals surface area contributed by atoms with Crippen molar-refractivity contribution in [2.75, 3.05) is 13.1 Å². The summed E-state index contributed by atoms with van der Waals surface area (Å²) in [4.78, 5) is 13.6. The standard InChI is InChI=1S/C14H13ClF2N2O2/c15-10-7-9(1-2-11(10)16)13(21)19-5-3-14(17,4-6-19)12(20)8-18/h1-2,7,12,20H,3-6H2/t12-/m0/s1. The van der Waals surface area contributed by atoms with Crippen LogP contribution in [0.3, 0.4) is 0 Å². The number of rotatable bonds is 2. The van der Waals surface area contributed by atoms with Crippen LogP contribution in [0.4, 0.5) is 8.78 Å². The molecule has 1 heterocycles. The predicted molar refractivity (Wildman–Crippen MR) is 72.0 cm³/mol. The quantitative estimate of drug-likeness (QED) is 0.852. The number of aliphatic hydroxyl groups is 1. The molecule has 1 amide bonds. The molecule has 112 valence electrons. The number of hydrogen-bond donors (Lipinski definition) is 1. The van der Waals surface area contributed by atoms with Crippen LogP contribution in [-0.4, -0.2) is 40.8 Å². The summed E-state index contributed by atoms with van der Waals surface area (Å²) in [6, 6.07) is 5.11. The number of carbonyl (C=O) groups is 1. The zero-order chi connectivity index (χ0) is 15.6. The Morgan fingerprint density at radius 3 is 2.62 bits per heavy atom. The van der Waals surface area contributed by atoms with Gasteiger partial charge in [-0.2, -0.15) is 5.26 Å². The van der Waals surface area contributed by atoms with Crippen LogP contribution in [0, 0.1) is 17.1 Å². The van der Waals surface area contributed by atoms with Crippen LogP contribution >= 0.6 is 11.6 Å². The number of halogens is 3. The van der Waals surface area contributed by atoms with E-state index in [1.54, 1.807) is 0 Å². The fourth-order valence-corrected chi connectivity index (χ4v) is 2.46. The largest absolute Gasteiger partial charge is 0.375 e. The van der Waals surface area contributed by atoms with Crippen LogP contribution in [0.15, 0.2) is 18.2 Å². The van der Waals surface area contributed by atoms with Crippen molar-refractivity contribution in [3.63, 3.8) is 0 Å². The second-order valence-corrected chi connectivity index (χ2v) is 5.39. The molecular formula is C14H13ClF2N2O2. The van der Waals surface area contributed by atoms with Gasteiger partial charge in [0.25, 0.3) is 5.91 Å². The summed E-state index contributed by atoms with van der Waals surface area (Å²) in [5.41, 5.74) is -1.78. The van der Waals surface area contributed by atoms with Crippen LogP contribution in [0.1, 0.15) is 23.2 Å². The Morgan fingerprint density at radius 2 is 2.10 bits per heavy atom. The van der Waals surface area contributed by atoms with Crippen molar-refractivity contribution < 1.29 is 18.7 Å². The molecule has 7 heteroatoms. The van der Waals surface area contributed by atoms with E-state index in [-0.39, 0.29) is 42.4 Å². The van der Waals surface area contributed by atoms with Gasteiger partial charge in [0.15, 0.2) is 11.8 Å². The molecule has 1 aromatic rings. The van der Waals surface area contributed by atoms with Gasteiger partial charge < -0.3 is 10.0 Å². The van der Waals surface area contributed by atoms with Gasteiger partial charge in [-0.25, -0.2) is 8.78 Å². The molecule has 0 radical (unpaired) electrons. The van der Waals surface area contributed by atoms with Crippen molar-refractivity contribution in [2.24, 2.45) is 0 Å². The van der Waals surface area contributed by atoms with Gasteiger partial charge in [-0.1, -0.05) is 11.6 Å². The third-order valence-corrected chi connectivity index (χ3v) is 3.95. The van der Waals surface area contributed by atoms with E-state index >= 15 is 0 Å². The van der Waals surface area contributed by atoms with Gasteiger partial charge in [0.1, 0.15) is 5.82 Å². The molecule has 0 spiro atoms. The number of benzene rings is 1. The molecule has 0 unspecified atom stereocenters. The monoisotopic (exact) mass is 314 g/mol. The Bertz CT molecular complexity index is 595. The van der Waals surface area contributed by atoms with Crippen molar-refractivity contribution in [3.8, 4) is 6.07 Å². The van der Waals surface area contributed by atoms with Crippen molar-refractivity contribution in [2.45, 2.75) is 24.6 Å². The highest BCUT2D eigenvalue weighted by Crippen LogP contribution is 2.30. The minimum absolute atomic E-state index is 0.0725. The maximum absolute atomic E-state index is 14.2. The molecule has 0 aliphatic carbocycles. The molecule has 0 aromatic heterocycles. The number of hydrogen-bond acceptors (Lipinski definition) is 3. The number of alkyl halides is 1. The molecule has 0 bridgehead atoms. The van der Waals surface area contributed by atoms with Crippen LogP contribution < -0.4 is 0 Å². The number of likely N-dealkylation sites (tertiary alicyclic amines) is 1. The maximum atomic E-state index is 14.2. The number of carbonyl (C=O) groups excluding carboxylic acids is 1. The highest BCUT2D eigenvalue weighted by Gasteiger charge is 2.42. The molecule has 1 aliphatic heterocycles. The summed E-state index contributed by atoms with van der Waals surface area (Å²) >= 11 is 5.63. The number of nitriles is 1.